The molecule has 2 atom stereocenters. The van der Waals surface area contributed by atoms with Crippen molar-refractivity contribution in [2.24, 2.45) is 7.05 Å². The molecule has 10 nitrogen and oxygen atoms in total. The van der Waals surface area contributed by atoms with E-state index in [-0.39, 0.29) is 23.6 Å². The summed E-state index contributed by atoms with van der Waals surface area (Å²) in [4.78, 5) is 42.3. The van der Waals surface area contributed by atoms with Crippen LogP contribution >= 0.6 is 11.6 Å². The molecular weight excluding hydrogens is 592 g/mol. The highest BCUT2D eigenvalue weighted by Crippen LogP contribution is 2.43. The summed E-state index contributed by atoms with van der Waals surface area (Å²) in [5.74, 6) is 0.175. The van der Waals surface area contributed by atoms with Gasteiger partial charge in [0.2, 0.25) is 11.8 Å². The number of hydrogen-bond acceptors (Lipinski definition) is 7. The molecule has 4 aromatic rings. The second-order valence-electron chi connectivity index (χ2n) is 11.6. The van der Waals surface area contributed by atoms with Gasteiger partial charge in [-0.25, -0.2) is 9.67 Å². The molecule has 232 valence electrons. The first-order chi connectivity index (χ1) is 21.7. The number of halogens is 1. The number of fused-ring (bicyclic) bond motifs is 1. The number of nitrogens with one attached hydrogen (secondary N) is 3. The van der Waals surface area contributed by atoms with E-state index in [0.717, 1.165) is 57.3 Å². The standard InChI is InChI=1S/C34H35ClN6O4/c1-18-16-37-41(3)34(44)29(18)32(43)39-25-10-6-7-22(19(25)2)23-8-5-9-24(31(23)35)27-15-20-11-13-26(30(20)33(40-27)45-4)36-17-21-12-14-28(42)38-21/h5-10,15-16,21,26,36H,11-14,17H2,1-4H3,(H,38,42)(H,39,43). The van der Waals surface area contributed by atoms with Crippen LogP contribution in [0.4, 0.5) is 5.69 Å². The van der Waals surface area contributed by atoms with Crippen LogP contribution in [0.2, 0.25) is 5.02 Å². The summed E-state index contributed by atoms with van der Waals surface area (Å²) in [7, 11) is 3.14. The molecule has 2 aliphatic rings. The minimum atomic E-state index is -0.495. The van der Waals surface area contributed by atoms with Gasteiger partial charge in [-0.05, 0) is 67.5 Å². The number of rotatable bonds is 8. The lowest BCUT2D eigenvalue weighted by atomic mass is 9.96. The molecule has 45 heavy (non-hydrogen) atoms. The van der Waals surface area contributed by atoms with Gasteiger partial charge in [-0.2, -0.15) is 5.10 Å². The van der Waals surface area contributed by atoms with E-state index < -0.39 is 11.5 Å². The number of amides is 2. The number of anilines is 1. The van der Waals surface area contributed by atoms with Crippen molar-refractivity contribution in [2.75, 3.05) is 19.0 Å². The van der Waals surface area contributed by atoms with Gasteiger partial charge in [0.25, 0.3) is 11.5 Å². The molecule has 11 heteroatoms. The van der Waals surface area contributed by atoms with Crippen LogP contribution in [0.5, 0.6) is 5.88 Å². The van der Waals surface area contributed by atoms with E-state index in [1.807, 2.05) is 37.3 Å². The number of aromatic nitrogens is 3. The fraction of sp³-hybridized carbons (Fsp3) is 0.324. The Labute approximate surface area is 266 Å². The summed E-state index contributed by atoms with van der Waals surface area (Å²) in [6.45, 7) is 4.30. The Morgan fingerprint density at radius 1 is 1.09 bits per heavy atom. The van der Waals surface area contributed by atoms with E-state index in [9.17, 15) is 14.4 Å². The second-order valence-corrected chi connectivity index (χ2v) is 12.0. The highest BCUT2D eigenvalue weighted by Gasteiger charge is 2.30. The zero-order valence-electron chi connectivity index (χ0n) is 25.7. The van der Waals surface area contributed by atoms with Crippen LogP contribution in [0.15, 0.2) is 53.5 Å². The number of carbonyl (C=O) groups is 2. The van der Waals surface area contributed by atoms with Crippen LogP contribution in [-0.2, 0) is 18.3 Å². The van der Waals surface area contributed by atoms with Gasteiger partial charge in [-0.1, -0.05) is 41.9 Å². The number of carbonyl (C=O) groups excluding carboxylic acids is 2. The minimum Gasteiger partial charge on any atom is -0.481 e. The van der Waals surface area contributed by atoms with Crippen LogP contribution in [0.3, 0.4) is 0 Å². The first kappa shape index (κ1) is 30.5. The highest BCUT2D eigenvalue weighted by molar-refractivity contribution is 6.36. The highest BCUT2D eigenvalue weighted by atomic mass is 35.5. The van der Waals surface area contributed by atoms with Gasteiger partial charge >= 0.3 is 0 Å². The molecule has 3 heterocycles. The first-order valence-corrected chi connectivity index (χ1v) is 15.4. The molecule has 2 aromatic carbocycles. The van der Waals surface area contributed by atoms with E-state index in [0.29, 0.717) is 40.8 Å². The number of nitrogens with zero attached hydrogens (tertiary/aromatic N) is 3. The molecule has 0 radical (unpaired) electrons. The maximum absolute atomic E-state index is 13.2. The summed E-state index contributed by atoms with van der Waals surface area (Å²) in [5, 5.41) is 14.0. The van der Waals surface area contributed by atoms with Gasteiger partial charge < -0.3 is 20.7 Å². The number of pyridine rings is 1. The zero-order valence-corrected chi connectivity index (χ0v) is 26.4. The molecule has 0 bridgehead atoms. The third-order valence-electron chi connectivity index (χ3n) is 8.75. The van der Waals surface area contributed by atoms with Crippen molar-refractivity contribution in [2.45, 2.75) is 51.6 Å². The lowest BCUT2D eigenvalue weighted by Crippen LogP contribution is -2.36. The molecule has 1 aliphatic carbocycles. The van der Waals surface area contributed by atoms with E-state index in [2.05, 4.69) is 27.1 Å². The fourth-order valence-electron chi connectivity index (χ4n) is 6.30. The van der Waals surface area contributed by atoms with E-state index in [1.165, 1.54) is 13.2 Å². The van der Waals surface area contributed by atoms with E-state index >= 15 is 0 Å². The smallest absolute Gasteiger partial charge is 0.279 e. The monoisotopic (exact) mass is 626 g/mol. The number of aryl methyl sites for hydroxylation is 3. The van der Waals surface area contributed by atoms with Crippen molar-refractivity contribution in [3.8, 4) is 28.3 Å². The van der Waals surface area contributed by atoms with Crippen LogP contribution in [0, 0.1) is 13.8 Å². The molecule has 1 fully saturated rings. The summed E-state index contributed by atoms with van der Waals surface area (Å²) < 4.78 is 6.94. The number of ether oxygens (including phenoxy) is 1. The van der Waals surface area contributed by atoms with E-state index in [1.54, 1.807) is 20.1 Å². The summed E-state index contributed by atoms with van der Waals surface area (Å²) in [6, 6.07) is 13.7. The SMILES string of the molecule is COc1nc(-c2cccc(-c3cccc(NC(=O)c4c(C)cnn(C)c4=O)c3C)c2Cl)cc2c1C(NCC1CCC(=O)N1)CC2. The third-order valence-corrected chi connectivity index (χ3v) is 9.16. The fourth-order valence-corrected chi connectivity index (χ4v) is 6.63. The normalized spacial score (nSPS) is 17.2. The summed E-state index contributed by atoms with van der Waals surface area (Å²) >= 11 is 7.11. The Morgan fingerprint density at radius 2 is 1.84 bits per heavy atom. The van der Waals surface area contributed by atoms with Gasteiger partial charge in [0, 0.05) is 54.5 Å². The Kier molecular flexibility index (Phi) is 8.44. The van der Waals surface area contributed by atoms with Crippen molar-refractivity contribution in [3.63, 3.8) is 0 Å². The first-order valence-electron chi connectivity index (χ1n) is 15.0. The molecule has 6 rings (SSSR count). The molecular formula is C34H35ClN6O4. The molecule has 2 aromatic heterocycles. The average molecular weight is 627 g/mol. The maximum atomic E-state index is 13.2. The lowest BCUT2D eigenvalue weighted by Gasteiger charge is -2.20. The van der Waals surface area contributed by atoms with Crippen molar-refractivity contribution >= 4 is 29.1 Å². The maximum Gasteiger partial charge on any atom is 0.279 e. The molecule has 1 saturated heterocycles. The quantitative estimate of drug-likeness (QED) is 0.254. The molecule has 1 aliphatic heterocycles. The predicted octanol–water partition coefficient (Wildman–Crippen LogP) is 4.90. The van der Waals surface area contributed by atoms with Gasteiger partial charge in [0.15, 0.2) is 0 Å². The van der Waals surface area contributed by atoms with Crippen LogP contribution in [0.1, 0.15) is 57.9 Å². The van der Waals surface area contributed by atoms with Crippen molar-refractivity contribution in [3.05, 3.63) is 91.9 Å². The lowest BCUT2D eigenvalue weighted by molar-refractivity contribution is -0.119. The minimum absolute atomic E-state index is 0.0525. The largest absolute Gasteiger partial charge is 0.481 e. The van der Waals surface area contributed by atoms with Crippen LogP contribution < -0.4 is 26.2 Å². The third kappa shape index (κ3) is 5.83. The second kappa shape index (κ2) is 12.5. The average Bonchev–Trinajstić information content (AvgIpc) is 3.64. The Balaban J connectivity index is 1.29. The number of benzene rings is 2. The predicted molar refractivity (Wildman–Crippen MR) is 174 cm³/mol. The van der Waals surface area contributed by atoms with Gasteiger partial charge in [-0.3, -0.25) is 14.4 Å². The Hall–Kier alpha value is -4.54. The van der Waals surface area contributed by atoms with Crippen molar-refractivity contribution in [1.82, 2.24) is 25.4 Å². The molecule has 0 saturated carbocycles. The molecule has 3 N–H and O–H groups in total. The summed E-state index contributed by atoms with van der Waals surface area (Å²) in [6.07, 6.45) is 4.70. The van der Waals surface area contributed by atoms with Crippen LogP contribution in [0.25, 0.3) is 22.4 Å². The van der Waals surface area contributed by atoms with Crippen molar-refractivity contribution < 1.29 is 14.3 Å². The van der Waals surface area contributed by atoms with Gasteiger partial charge in [0.05, 0.1) is 24.0 Å². The van der Waals surface area contributed by atoms with Gasteiger partial charge in [-0.15, -0.1) is 0 Å². The summed E-state index contributed by atoms with van der Waals surface area (Å²) in [5.41, 5.74) is 6.80. The molecule has 0 spiro atoms. The Bertz CT molecular complexity index is 1890. The number of methoxy groups -OCH3 is 1. The van der Waals surface area contributed by atoms with E-state index in [4.69, 9.17) is 21.3 Å². The van der Waals surface area contributed by atoms with Crippen LogP contribution in [-0.4, -0.2) is 46.3 Å². The number of hydrogen-bond donors (Lipinski definition) is 3. The molecule has 2 amide bonds. The molecule has 2 unspecified atom stereocenters. The Morgan fingerprint density at radius 3 is 2.60 bits per heavy atom. The van der Waals surface area contributed by atoms with Crippen molar-refractivity contribution in [1.29, 1.82) is 0 Å². The zero-order chi connectivity index (χ0) is 31.8. The van der Waals surface area contributed by atoms with Gasteiger partial charge in [0.1, 0.15) is 5.56 Å². The topological polar surface area (TPSA) is 127 Å².